The van der Waals surface area contributed by atoms with Gasteiger partial charge < -0.3 is 15.1 Å². The number of amides is 1. The minimum atomic E-state index is -0.203. The van der Waals surface area contributed by atoms with Crippen LogP contribution in [-0.4, -0.2) is 17.4 Å². The highest BCUT2D eigenvalue weighted by molar-refractivity contribution is 9.10. The van der Waals surface area contributed by atoms with E-state index in [-0.39, 0.29) is 11.9 Å². The molecule has 2 aromatic heterocycles. The number of nitrogens with zero attached hydrogens (tertiary/aromatic N) is 1. The molecule has 0 aliphatic rings. The van der Waals surface area contributed by atoms with Crippen LogP contribution in [0.2, 0.25) is 0 Å². The average molecular weight is 352 g/mol. The van der Waals surface area contributed by atoms with E-state index in [1.54, 1.807) is 24.6 Å². The number of hydrogen-bond acceptors (Lipinski definition) is 4. The highest BCUT2D eigenvalue weighted by Gasteiger charge is 2.17. The highest BCUT2D eigenvalue weighted by Crippen LogP contribution is 2.20. The molecule has 0 radical (unpaired) electrons. The van der Waals surface area contributed by atoms with Gasteiger partial charge in [-0.2, -0.15) is 0 Å². The van der Waals surface area contributed by atoms with Gasteiger partial charge in [-0.3, -0.25) is 4.79 Å². The number of furan rings is 1. The Labute approximate surface area is 132 Å². The molecule has 2 aromatic rings. The summed E-state index contributed by atoms with van der Waals surface area (Å²) in [7, 11) is 0. The van der Waals surface area contributed by atoms with Crippen molar-refractivity contribution in [2.24, 2.45) is 0 Å². The van der Waals surface area contributed by atoms with Crippen LogP contribution in [0, 0.1) is 0 Å². The quantitative estimate of drug-likeness (QED) is 0.831. The molecule has 2 N–H and O–H groups in total. The molecule has 0 aliphatic carbocycles. The Hall–Kier alpha value is -1.82. The molecule has 2 rings (SSSR count). The number of nitrogens with one attached hydrogen (secondary N) is 2. The predicted molar refractivity (Wildman–Crippen MR) is 85.3 cm³/mol. The number of carbonyl (C=O) groups excluding carboxylic acids is 1. The topological polar surface area (TPSA) is 67.2 Å². The third-order valence-corrected chi connectivity index (χ3v) is 3.39. The Kier molecular flexibility index (Phi) is 5.38. The Morgan fingerprint density at radius 3 is 3.00 bits per heavy atom. The SMILES string of the molecule is CCCNc1ncc(Br)cc1C(=O)NC(C)c1ccco1. The minimum absolute atomic E-state index is 0.189. The average Bonchev–Trinajstić information content (AvgIpc) is 3.00. The first kappa shape index (κ1) is 15.6. The van der Waals surface area contributed by atoms with Crippen molar-refractivity contribution in [3.63, 3.8) is 0 Å². The van der Waals surface area contributed by atoms with Crippen molar-refractivity contribution < 1.29 is 9.21 Å². The van der Waals surface area contributed by atoms with Crippen molar-refractivity contribution in [2.45, 2.75) is 26.3 Å². The molecule has 0 saturated carbocycles. The van der Waals surface area contributed by atoms with Crippen LogP contribution in [0.4, 0.5) is 5.82 Å². The highest BCUT2D eigenvalue weighted by atomic mass is 79.9. The molecule has 2 heterocycles. The zero-order chi connectivity index (χ0) is 15.2. The molecule has 1 atom stereocenters. The third kappa shape index (κ3) is 4.07. The van der Waals surface area contributed by atoms with Gasteiger partial charge in [0.15, 0.2) is 0 Å². The Morgan fingerprint density at radius 2 is 2.33 bits per heavy atom. The van der Waals surface area contributed by atoms with Gasteiger partial charge in [-0.15, -0.1) is 0 Å². The summed E-state index contributed by atoms with van der Waals surface area (Å²) in [5.41, 5.74) is 0.510. The van der Waals surface area contributed by atoms with Gasteiger partial charge in [-0.25, -0.2) is 4.98 Å². The molecule has 0 fully saturated rings. The van der Waals surface area contributed by atoms with E-state index in [0.29, 0.717) is 11.4 Å². The van der Waals surface area contributed by atoms with Crippen molar-refractivity contribution in [1.29, 1.82) is 0 Å². The molecular weight excluding hydrogens is 334 g/mol. The molecule has 0 saturated heterocycles. The second kappa shape index (κ2) is 7.26. The van der Waals surface area contributed by atoms with E-state index >= 15 is 0 Å². The zero-order valence-electron chi connectivity index (χ0n) is 12.0. The summed E-state index contributed by atoms with van der Waals surface area (Å²) in [5.74, 6) is 1.12. The van der Waals surface area contributed by atoms with Gasteiger partial charge in [0.2, 0.25) is 0 Å². The summed E-state index contributed by atoms with van der Waals surface area (Å²) < 4.78 is 6.06. The van der Waals surface area contributed by atoms with Gasteiger partial charge in [0, 0.05) is 17.2 Å². The van der Waals surface area contributed by atoms with Crippen molar-refractivity contribution in [3.8, 4) is 0 Å². The first-order valence-corrected chi connectivity index (χ1v) is 7.64. The van der Waals surface area contributed by atoms with Gasteiger partial charge in [0.25, 0.3) is 5.91 Å². The minimum Gasteiger partial charge on any atom is -0.467 e. The monoisotopic (exact) mass is 351 g/mol. The number of hydrogen-bond donors (Lipinski definition) is 2. The number of rotatable bonds is 6. The lowest BCUT2D eigenvalue weighted by Crippen LogP contribution is -2.27. The molecule has 1 unspecified atom stereocenters. The van der Waals surface area contributed by atoms with Crippen molar-refractivity contribution in [1.82, 2.24) is 10.3 Å². The fourth-order valence-electron chi connectivity index (χ4n) is 1.88. The maximum Gasteiger partial charge on any atom is 0.255 e. The van der Waals surface area contributed by atoms with E-state index in [1.165, 1.54) is 0 Å². The van der Waals surface area contributed by atoms with E-state index in [0.717, 1.165) is 23.2 Å². The molecule has 5 nitrogen and oxygen atoms in total. The molecule has 0 bridgehead atoms. The number of anilines is 1. The molecule has 21 heavy (non-hydrogen) atoms. The Morgan fingerprint density at radius 1 is 1.52 bits per heavy atom. The second-order valence-electron chi connectivity index (χ2n) is 4.69. The summed E-state index contributed by atoms with van der Waals surface area (Å²) in [6, 6.07) is 5.19. The predicted octanol–water partition coefficient (Wildman–Crippen LogP) is 3.75. The molecule has 6 heteroatoms. The van der Waals surface area contributed by atoms with Crippen LogP contribution in [0.15, 0.2) is 39.5 Å². The van der Waals surface area contributed by atoms with Crippen molar-refractivity contribution in [3.05, 3.63) is 46.5 Å². The maximum atomic E-state index is 12.4. The standard InChI is InChI=1S/C15H18BrN3O2/c1-3-6-17-14-12(8-11(16)9-18-14)15(20)19-10(2)13-5-4-7-21-13/h4-5,7-10H,3,6H2,1-2H3,(H,17,18)(H,19,20). The molecular formula is C15H18BrN3O2. The first-order valence-electron chi connectivity index (χ1n) is 6.85. The van der Waals surface area contributed by atoms with Crippen LogP contribution in [-0.2, 0) is 0 Å². The van der Waals surface area contributed by atoms with Gasteiger partial charge in [-0.1, -0.05) is 6.92 Å². The summed E-state index contributed by atoms with van der Waals surface area (Å²) in [6.45, 7) is 4.70. The first-order chi connectivity index (χ1) is 10.1. The number of halogens is 1. The normalized spacial score (nSPS) is 12.0. The van der Waals surface area contributed by atoms with E-state index < -0.39 is 0 Å². The largest absolute Gasteiger partial charge is 0.467 e. The number of aromatic nitrogens is 1. The Balaban J connectivity index is 2.15. The van der Waals surface area contributed by atoms with E-state index in [9.17, 15) is 4.79 Å². The number of carbonyl (C=O) groups is 1. The summed E-state index contributed by atoms with van der Waals surface area (Å²) in [6.07, 6.45) is 4.22. The lowest BCUT2D eigenvalue weighted by molar-refractivity contribution is 0.0936. The fourth-order valence-corrected chi connectivity index (χ4v) is 2.21. The molecule has 1 amide bonds. The van der Waals surface area contributed by atoms with E-state index in [1.807, 2.05) is 13.0 Å². The van der Waals surface area contributed by atoms with Crippen LogP contribution in [0.25, 0.3) is 0 Å². The van der Waals surface area contributed by atoms with Gasteiger partial charge in [0.1, 0.15) is 11.6 Å². The van der Waals surface area contributed by atoms with Crippen molar-refractivity contribution in [2.75, 3.05) is 11.9 Å². The van der Waals surface area contributed by atoms with Gasteiger partial charge >= 0.3 is 0 Å². The Bertz CT molecular complexity index is 599. The van der Waals surface area contributed by atoms with Gasteiger partial charge in [0.05, 0.1) is 17.9 Å². The van der Waals surface area contributed by atoms with Crippen LogP contribution in [0.1, 0.15) is 42.4 Å². The van der Waals surface area contributed by atoms with E-state index in [2.05, 4.69) is 38.5 Å². The summed E-state index contributed by atoms with van der Waals surface area (Å²) in [5, 5.41) is 6.07. The van der Waals surface area contributed by atoms with Crippen LogP contribution >= 0.6 is 15.9 Å². The molecule has 112 valence electrons. The molecule has 0 aliphatic heterocycles. The smallest absolute Gasteiger partial charge is 0.255 e. The van der Waals surface area contributed by atoms with Crippen LogP contribution in [0.5, 0.6) is 0 Å². The summed E-state index contributed by atoms with van der Waals surface area (Å²) in [4.78, 5) is 16.7. The number of pyridine rings is 1. The molecule has 0 aromatic carbocycles. The second-order valence-corrected chi connectivity index (χ2v) is 5.60. The zero-order valence-corrected chi connectivity index (χ0v) is 13.6. The van der Waals surface area contributed by atoms with Crippen molar-refractivity contribution >= 4 is 27.7 Å². The lowest BCUT2D eigenvalue weighted by Gasteiger charge is -2.14. The maximum absolute atomic E-state index is 12.4. The fraction of sp³-hybridized carbons (Fsp3) is 0.333. The van der Waals surface area contributed by atoms with Gasteiger partial charge in [-0.05, 0) is 47.5 Å². The summed E-state index contributed by atoms with van der Waals surface area (Å²) >= 11 is 3.35. The van der Waals surface area contributed by atoms with E-state index in [4.69, 9.17) is 4.42 Å². The lowest BCUT2D eigenvalue weighted by atomic mass is 10.2. The van der Waals surface area contributed by atoms with Crippen LogP contribution in [0.3, 0.4) is 0 Å². The molecule has 0 spiro atoms. The van der Waals surface area contributed by atoms with Crippen LogP contribution < -0.4 is 10.6 Å². The third-order valence-electron chi connectivity index (χ3n) is 2.96.